The van der Waals surface area contributed by atoms with Crippen molar-refractivity contribution in [1.82, 2.24) is 24.2 Å². The van der Waals surface area contributed by atoms with E-state index in [1.54, 1.807) is 0 Å². The van der Waals surface area contributed by atoms with Gasteiger partial charge in [0.15, 0.2) is 0 Å². The molecule has 1 aromatic carbocycles. The van der Waals surface area contributed by atoms with Crippen LogP contribution < -0.4 is 0 Å². The molecule has 0 saturated carbocycles. The quantitative estimate of drug-likeness (QED) is 0.685. The molecule has 3 heterocycles. The maximum atomic E-state index is 4.69. The molecule has 142 valence electrons. The van der Waals surface area contributed by atoms with Crippen LogP contribution in [0.4, 0.5) is 0 Å². The Morgan fingerprint density at radius 3 is 2.59 bits per heavy atom. The SMILES string of the molecule is CCn1ccnc1C1CCN(Cc2ccccc2-n2nc(C)cc2C)CC1. The summed E-state index contributed by atoms with van der Waals surface area (Å²) in [7, 11) is 0. The van der Waals surface area contributed by atoms with E-state index >= 15 is 0 Å². The first-order valence-electron chi connectivity index (χ1n) is 10.0. The molecule has 0 N–H and O–H groups in total. The zero-order valence-corrected chi connectivity index (χ0v) is 16.6. The van der Waals surface area contributed by atoms with Crippen molar-refractivity contribution in [1.29, 1.82) is 0 Å². The third-order valence-electron chi connectivity index (χ3n) is 5.66. The van der Waals surface area contributed by atoms with Gasteiger partial charge in [-0.1, -0.05) is 18.2 Å². The number of aryl methyl sites for hydroxylation is 3. The van der Waals surface area contributed by atoms with Gasteiger partial charge in [-0.05, 0) is 64.4 Å². The topological polar surface area (TPSA) is 38.9 Å². The molecule has 0 radical (unpaired) electrons. The highest BCUT2D eigenvalue weighted by molar-refractivity contribution is 5.42. The average molecular weight is 364 g/mol. The van der Waals surface area contributed by atoms with E-state index in [-0.39, 0.29) is 0 Å². The standard InChI is InChI=1S/C22H29N5/c1-4-26-14-11-23-22(26)19-9-12-25(13-10-19)16-20-7-5-6-8-21(20)27-18(3)15-17(2)24-27/h5-8,11,14-15,19H,4,9-10,12-13,16H2,1-3H3. The average Bonchev–Trinajstić information content (AvgIpc) is 3.28. The molecule has 2 aromatic heterocycles. The normalized spacial score (nSPS) is 16.1. The fourth-order valence-electron chi connectivity index (χ4n) is 4.26. The molecule has 0 aliphatic carbocycles. The predicted octanol–water partition coefficient (Wildman–Crippen LogP) is 4.09. The molecule has 27 heavy (non-hydrogen) atoms. The molecule has 3 aromatic rings. The lowest BCUT2D eigenvalue weighted by molar-refractivity contribution is 0.200. The highest BCUT2D eigenvalue weighted by Gasteiger charge is 2.24. The molecule has 0 spiro atoms. The molecule has 0 atom stereocenters. The summed E-state index contributed by atoms with van der Waals surface area (Å²) in [5.41, 5.74) is 4.79. The summed E-state index contributed by atoms with van der Waals surface area (Å²) in [4.78, 5) is 7.19. The number of aromatic nitrogens is 4. The van der Waals surface area contributed by atoms with Crippen molar-refractivity contribution in [2.75, 3.05) is 13.1 Å². The van der Waals surface area contributed by atoms with Crippen LogP contribution in [0.2, 0.25) is 0 Å². The van der Waals surface area contributed by atoms with Crippen molar-refractivity contribution in [3.8, 4) is 5.69 Å². The second-order valence-corrected chi connectivity index (χ2v) is 7.59. The van der Waals surface area contributed by atoms with Gasteiger partial charge in [0.2, 0.25) is 0 Å². The molecule has 5 heteroatoms. The van der Waals surface area contributed by atoms with Crippen LogP contribution in [0.15, 0.2) is 42.7 Å². The summed E-state index contributed by atoms with van der Waals surface area (Å²) in [6, 6.07) is 10.8. The lowest BCUT2D eigenvalue weighted by Crippen LogP contribution is -2.33. The largest absolute Gasteiger partial charge is 0.335 e. The van der Waals surface area contributed by atoms with E-state index in [1.807, 2.05) is 6.20 Å². The minimum Gasteiger partial charge on any atom is -0.335 e. The number of imidazole rings is 1. The third kappa shape index (κ3) is 3.69. The summed E-state index contributed by atoms with van der Waals surface area (Å²) in [6.45, 7) is 10.6. The first-order chi connectivity index (χ1) is 13.2. The van der Waals surface area contributed by atoms with Crippen LogP contribution >= 0.6 is 0 Å². The van der Waals surface area contributed by atoms with Crippen molar-refractivity contribution in [2.24, 2.45) is 0 Å². The summed E-state index contributed by atoms with van der Waals surface area (Å²) in [5, 5.41) is 4.69. The second-order valence-electron chi connectivity index (χ2n) is 7.59. The van der Waals surface area contributed by atoms with Crippen LogP contribution in [-0.2, 0) is 13.1 Å². The van der Waals surface area contributed by atoms with E-state index in [4.69, 9.17) is 0 Å². The van der Waals surface area contributed by atoms with E-state index in [0.717, 1.165) is 31.9 Å². The Balaban J connectivity index is 1.46. The molecular formula is C22H29N5. The van der Waals surface area contributed by atoms with Crippen molar-refractivity contribution in [3.05, 3.63) is 65.5 Å². The number of benzene rings is 1. The minimum absolute atomic E-state index is 0.586. The Hall–Kier alpha value is -2.40. The smallest absolute Gasteiger partial charge is 0.111 e. The molecule has 1 aliphatic heterocycles. The van der Waals surface area contributed by atoms with Gasteiger partial charge in [0, 0.05) is 37.1 Å². The number of nitrogens with zero attached hydrogens (tertiary/aromatic N) is 5. The Bertz CT molecular complexity index is 899. The van der Waals surface area contributed by atoms with Gasteiger partial charge < -0.3 is 4.57 Å². The minimum atomic E-state index is 0.586. The molecule has 1 aliphatic rings. The first kappa shape index (κ1) is 18.0. The zero-order valence-electron chi connectivity index (χ0n) is 16.6. The molecule has 0 bridgehead atoms. The van der Waals surface area contributed by atoms with E-state index in [2.05, 4.69) is 81.5 Å². The van der Waals surface area contributed by atoms with Crippen LogP contribution in [-0.4, -0.2) is 37.3 Å². The van der Waals surface area contributed by atoms with Gasteiger partial charge in [0.05, 0.1) is 11.4 Å². The van der Waals surface area contributed by atoms with Crippen LogP contribution in [0.5, 0.6) is 0 Å². The van der Waals surface area contributed by atoms with Gasteiger partial charge in [-0.15, -0.1) is 0 Å². The van der Waals surface area contributed by atoms with Crippen molar-refractivity contribution < 1.29 is 0 Å². The number of rotatable bonds is 5. The summed E-state index contributed by atoms with van der Waals surface area (Å²) < 4.78 is 4.37. The van der Waals surface area contributed by atoms with Crippen molar-refractivity contribution in [3.63, 3.8) is 0 Å². The maximum Gasteiger partial charge on any atom is 0.111 e. The van der Waals surface area contributed by atoms with Crippen LogP contribution in [0, 0.1) is 13.8 Å². The number of hydrogen-bond donors (Lipinski definition) is 0. The van der Waals surface area contributed by atoms with Gasteiger partial charge in [0.1, 0.15) is 5.82 Å². The van der Waals surface area contributed by atoms with E-state index in [1.165, 1.54) is 35.6 Å². The van der Waals surface area contributed by atoms with Gasteiger partial charge >= 0.3 is 0 Å². The lowest BCUT2D eigenvalue weighted by Gasteiger charge is -2.32. The van der Waals surface area contributed by atoms with E-state index in [9.17, 15) is 0 Å². The molecule has 0 amide bonds. The van der Waals surface area contributed by atoms with Gasteiger partial charge in [0.25, 0.3) is 0 Å². The molecule has 4 rings (SSSR count). The summed E-state index contributed by atoms with van der Waals surface area (Å²) >= 11 is 0. The van der Waals surface area contributed by atoms with Crippen LogP contribution in [0.3, 0.4) is 0 Å². The molecule has 1 fully saturated rings. The van der Waals surface area contributed by atoms with Gasteiger partial charge in [-0.2, -0.15) is 5.10 Å². The molecule has 1 saturated heterocycles. The maximum absolute atomic E-state index is 4.69. The fraction of sp³-hybridized carbons (Fsp3) is 0.455. The number of likely N-dealkylation sites (tertiary alicyclic amines) is 1. The Morgan fingerprint density at radius 1 is 1.11 bits per heavy atom. The third-order valence-corrected chi connectivity index (χ3v) is 5.66. The Labute approximate surface area is 161 Å². The first-order valence-corrected chi connectivity index (χ1v) is 10.0. The highest BCUT2D eigenvalue weighted by Crippen LogP contribution is 2.28. The Morgan fingerprint density at radius 2 is 1.89 bits per heavy atom. The van der Waals surface area contributed by atoms with Gasteiger partial charge in [-0.3, -0.25) is 4.90 Å². The van der Waals surface area contributed by atoms with Crippen LogP contribution in [0.25, 0.3) is 5.69 Å². The number of hydrogen-bond acceptors (Lipinski definition) is 3. The van der Waals surface area contributed by atoms with E-state index < -0.39 is 0 Å². The Kier molecular flexibility index (Phi) is 5.12. The second kappa shape index (κ2) is 7.69. The van der Waals surface area contributed by atoms with Crippen molar-refractivity contribution in [2.45, 2.75) is 52.6 Å². The van der Waals surface area contributed by atoms with Crippen LogP contribution in [0.1, 0.15) is 48.5 Å². The van der Waals surface area contributed by atoms with Crippen molar-refractivity contribution >= 4 is 0 Å². The summed E-state index contributed by atoms with van der Waals surface area (Å²) in [6.07, 6.45) is 6.40. The number of para-hydroxylation sites is 1. The molecular weight excluding hydrogens is 334 g/mol. The fourth-order valence-corrected chi connectivity index (χ4v) is 4.26. The molecule has 5 nitrogen and oxygen atoms in total. The number of piperidine rings is 1. The highest BCUT2D eigenvalue weighted by atomic mass is 15.3. The lowest BCUT2D eigenvalue weighted by atomic mass is 9.95. The van der Waals surface area contributed by atoms with Gasteiger partial charge in [-0.25, -0.2) is 9.67 Å². The predicted molar refractivity (Wildman–Crippen MR) is 108 cm³/mol. The summed E-state index contributed by atoms with van der Waals surface area (Å²) in [5.74, 6) is 1.85. The zero-order chi connectivity index (χ0) is 18.8. The monoisotopic (exact) mass is 363 g/mol. The molecule has 0 unspecified atom stereocenters. The van der Waals surface area contributed by atoms with E-state index in [0.29, 0.717) is 5.92 Å².